The molecule has 66 valence electrons. The number of hydrogen-bond donors (Lipinski definition) is 0. The Morgan fingerprint density at radius 1 is 1.27 bits per heavy atom. The predicted octanol–water partition coefficient (Wildman–Crippen LogP) is 2.70. The quantitative estimate of drug-likeness (QED) is 0.462. The summed E-state index contributed by atoms with van der Waals surface area (Å²) in [5.74, 6) is 0.901. The van der Waals surface area contributed by atoms with Crippen LogP contribution in [-0.2, 0) is 9.47 Å². The van der Waals surface area contributed by atoms with Crippen molar-refractivity contribution < 1.29 is 9.47 Å². The van der Waals surface area contributed by atoms with Crippen LogP contribution in [0.5, 0.6) is 0 Å². The third-order valence-electron chi connectivity index (χ3n) is 1.22. The lowest BCUT2D eigenvalue weighted by atomic mass is 10.5. The molecule has 0 rings (SSSR count). The lowest BCUT2D eigenvalue weighted by Gasteiger charge is -2.17. The fraction of sp³-hybridized carbons (Fsp3) is 0.778. The van der Waals surface area contributed by atoms with Gasteiger partial charge in [-0.2, -0.15) is 0 Å². The summed E-state index contributed by atoms with van der Waals surface area (Å²) >= 11 is 0. The first-order chi connectivity index (χ1) is 5.06. The van der Waals surface area contributed by atoms with Crippen LogP contribution in [0.3, 0.4) is 0 Å². The van der Waals surface area contributed by atoms with Gasteiger partial charge < -0.3 is 9.47 Å². The zero-order valence-corrected chi connectivity index (χ0v) is 8.05. The summed E-state index contributed by atoms with van der Waals surface area (Å²) in [7, 11) is 0. The molecule has 0 bridgehead atoms. The van der Waals surface area contributed by atoms with Crippen LogP contribution in [-0.4, -0.2) is 12.4 Å². The van der Waals surface area contributed by atoms with E-state index in [1.807, 2.05) is 40.7 Å². The summed E-state index contributed by atoms with van der Waals surface area (Å²) in [4.78, 5) is 0. The molecule has 0 aromatic heterocycles. The largest absolute Gasteiger partial charge is 0.470 e. The highest BCUT2D eigenvalue weighted by Crippen LogP contribution is 2.04. The summed E-state index contributed by atoms with van der Waals surface area (Å²) < 4.78 is 10.7. The van der Waals surface area contributed by atoms with E-state index >= 15 is 0 Å². The van der Waals surface area contributed by atoms with Crippen molar-refractivity contribution in [3.05, 3.63) is 11.8 Å². The van der Waals surface area contributed by atoms with Crippen molar-refractivity contribution in [3.8, 4) is 0 Å². The maximum Gasteiger partial charge on any atom is 0.196 e. The molecule has 0 spiro atoms. The first-order valence-corrected chi connectivity index (χ1v) is 4.01. The Hall–Kier alpha value is -0.500. The molecular weight excluding hydrogens is 140 g/mol. The molecule has 0 aliphatic heterocycles. The number of allylic oxidation sites excluding steroid dienone is 2. The Morgan fingerprint density at radius 3 is 2.18 bits per heavy atom. The summed E-state index contributed by atoms with van der Waals surface area (Å²) in [5.41, 5.74) is 0. The Balaban J connectivity index is 3.60. The van der Waals surface area contributed by atoms with E-state index in [-0.39, 0.29) is 12.4 Å². The van der Waals surface area contributed by atoms with Crippen LogP contribution in [0.15, 0.2) is 11.8 Å². The molecule has 2 nitrogen and oxygen atoms in total. The molecule has 0 aromatic rings. The zero-order chi connectivity index (χ0) is 8.85. The Morgan fingerprint density at radius 2 is 1.82 bits per heavy atom. The van der Waals surface area contributed by atoms with Crippen molar-refractivity contribution >= 4 is 0 Å². The molecule has 0 aromatic carbocycles. The van der Waals surface area contributed by atoms with Crippen LogP contribution < -0.4 is 0 Å². The van der Waals surface area contributed by atoms with E-state index in [0.717, 1.165) is 5.76 Å². The molecule has 2 heteroatoms. The van der Waals surface area contributed by atoms with Gasteiger partial charge in [-0.25, -0.2) is 0 Å². The van der Waals surface area contributed by atoms with Crippen LogP contribution in [0.25, 0.3) is 0 Å². The van der Waals surface area contributed by atoms with E-state index in [9.17, 15) is 0 Å². The van der Waals surface area contributed by atoms with Gasteiger partial charge in [-0.05, 0) is 40.7 Å². The molecule has 0 aliphatic carbocycles. The van der Waals surface area contributed by atoms with Gasteiger partial charge in [0, 0.05) is 0 Å². The summed E-state index contributed by atoms with van der Waals surface area (Å²) in [6, 6.07) is 0. The second-order valence-corrected chi connectivity index (χ2v) is 2.77. The van der Waals surface area contributed by atoms with Gasteiger partial charge in [-0.15, -0.1) is 0 Å². The number of hydrogen-bond acceptors (Lipinski definition) is 2. The third kappa shape index (κ3) is 5.92. The van der Waals surface area contributed by atoms with Crippen molar-refractivity contribution in [1.29, 1.82) is 0 Å². The molecule has 0 aliphatic rings. The zero-order valence-electron chi connectivity index (χ0n) is 8.05. The van der Waals surface area contributed by atoms with E-state index < -0.39 is 0 Å². The Bertz CT molecular complexity index is 128. The topological polar surface area (TPSA) is 18.5 Å². The van der Waals surface area contributed by atoms with Crippen molar-refractivity contribution in [2.75, 3.05) is 0 Å². The highest BCUT2D eigenvalue weighted by atomic mass is 16.7. The van der Waals surface area contributed by atoms with Gasteiger partial charge in [-0.1, -0.05) is 0 Å². The van der Waals surface area contributed by atoms with Crippen LogP contribution in [0.4, 0.5) is 0 Å². The minimum absolute atomic E-state index is 0.147. The smallest absolute Gasteiger partial charge is 0.196 e. The number of ether oxygens (including phenoxy) is 2. The predicted molar refractivity (Wildman–Crippen MR) is 46.2 cm³/mol. The Labute approximate surface area is 69.2 Å². The third-order valence-corrected chi connectivity index (χ3v) is 1.22. The van der Waals surface area contributed by atoms with Crippen LogP contribution in [0, 0.1) is 0 Å². The molecule has 1 atom stereocenters. The number of rotatable bonds is 4. The average Bonchev–Trinajstić information content (AvgIpc) is 1.85. The molecule has 0 radical (unpaired) electrons. The molecule has 1 unspecified atom stereocenters. The molecule has 0 amide bonds. The second-order valence-electron chi connectivity index (χ2n) is 2.77. The summed E-state index contributed by atoms with van der Waals surface area (Å²) in [6.45, 7) is 9.74. The monoisotopic (exact) mass is 158 g/mol. The van der Waals surface area contributed by atoms with E-state index in [1.54, 1.807) is 0 Å². The van der Waals surface area contributed by atoms with Gasteiger partial charge in [0.2, 0.25) is 0 Å². The maximum atomic E-state index is 5.36. The van der Waals surface area contributed by atoms with Gasteiger partial charge in [0.15, 0.2) is 6.29 Å². The van der Waals surface area contributed by atoms with E-state index in [0.29, 0.717) is 0 Å². The minimum atomic E-state index is -0.147. The highest BCUT2D eigenvalue weighted by molar-refractivity contribution is 4.84. The Kier molecular flexibility index (Phi) is 4.95. The molecule has 0 fully saturated rings. The van der Waals surface area contributed by atoms with Crippen molar-refractivity contribution in [1.82, 2.24) is 0 Å². The van der Waals surface area contributed by atoms with Gasteiger partial charge >= 0.3 is 0 Å². The van der Waals surface area contributed by atoms with Gasteiger partial charge in [0.1, 0.15) is 0 Å². The summed E-state index contributed by atoms with van der Waals surface area (Å²) in [6.07, 6.45) is 1.99. The average molecular weight is 158 g/mol. The molecule has 0 N–H and O–H groups in total. The molecule has 0 saturated carbocycles. The van der Waals surface area contributed by atoms with E-state index in [2.05, 4.69) is 0 Å². The van der Waals surface area contributed by atoms with Crippen molar-refractivity contribution in [3.63, 3.8) is 0 Å². The lowest BCUT2D eigenvalue weighted by molar-refractivity contribution is -0.127. The fourth-order valence-electron chi connectivity index (χ4n) is 0.741. The van der Waals surface area contributed by atoms with Gasteiger partial charge in [-0.3, -0.25) is 0 Å². The fourth-order valence-corrected chi connectivity index (χ4v) is 0.741. The first kappa shape index (κ1) is 10.5. The standard InChI is InChI=1S/C9H18O2/c1-6-8(4)11-9(5)10-7(2)3/h6-7,9H,1-5H3. The van der Waals surface area contributed by atoms with Crippen LogP contribution >= 0.6 is 0 Å². The lowest BCUT2D eigenvalue weighted by Crippen LogP contribution is -2.16. The van der Waals surface area contributed by atoms with Gasteiger partial charge in [0.05, 0.1) is 11.9 Å². The van der Waals surface area contributed by atoms with Crippen molar-refractivity contribution in [2.24, 2.45) is 0 Å². The molecular formula is C9H18O2. The SMILES string of the molecule is CC=C(C)OC(C)OC(C)C. The molecule has 0 saturated heterocycles. The first-order valence-electron chi connectivity index (χ1n) is 4.01. The highest BCUT2D eigenvalue weighted by Gasteiger charge is 2.04. The van der Waals surface area contributed by atoms with E-state index in [4.69, 9.17) is 9.47 Å². The van der Waals surface area contributed by atoms with Crippen LogP contribution in [0.2, 0.25) is 0 Å². The molecule has 11 heavy (non-hydrogen) atoms. The van der Waals surface area contributed by atoms with Crippen LogP contribution in [0.1, 0.15) is 34.6 Å². The van der Waals surface area contributed by atoms with Crippen molar-refractivity contribution in [2.45, 2.75) is 47.0 Å². The summed E-state index contributed by atoms with van der Waals surface area (Å²) in [5, 5.41) is 0. The molecule has 0 heterocycles. The second kappa shape index (κ2) is 5.19. The minimum Gasteiger partial charge on any atom is -0.470 e. The normalized spacial score (nSPS) is 15.3. The van der Waals surface area contributed by atoms with E-state index in [1.165, 1.54) is 0 Å². The maximum absolute atomic E-state index is 5.36. The van der Waals surface area contributed by atoms with Gasteiger partial charge in [0.25, 0.3) is 0 Å².